The summed E-state index contributed by atoms with van der Waals surface area (Å²) in [6, 6.07) is 13.8. The molecule has 0 aliphatic carbocycles. The molecule has 0 fully saturated rings. The Balaban J connectivity index is 2.04. The van der Waals surface area contributed by atoms with E-state index in [2.05, 4.69) is 10.3 Å². The molecule has 0 unspecified atom stereocenters. The topological polar surface area (TPSA) is 56.7 Å². The molecule has 0 saturated heterocycles. The van der Waals surface area contributed by atoms with Crippen LogP contribution >= 0.6 is 0 Å². The normalized spacial score (nSPS) is 10.7. The third kappa shape index (κ3) is 2.14. The number of nitrogens with two attached hydrogens (primary N) is 1. The Hall–Kier alpha value is -2.69. The molecule has 100 valence electrons. The van der Waals surface area contributed by atoms with Gasteiger partial charge in [-0.15, -0.1) is 5.10 Å². The molecule has 0 saturated carbocycles. The number of nitrogens with zero attached hydrogens (tertiary/aromatic N) is 3. The number of nitrogen functional groups attached to an aromatic ring is 1. The van der Waals surface area contributed by atoms with Crippen molar-refractivity contribution in [3.05, 3.63) is 59.9 Å². The van der Waals surface area contributed by atoms with Crippen molar-refractivity contribution < 1.29 is 4.39 Å². The van der Waals surface area contributed by atoms with Crippen LogP contribution in [0.25, 0.3) is 16.9 Å². The van der Waals surface area contributed by atoms with Crippen LogP contribution in [0.1, 0.15) is 5.56 Å². The van der Waals surface area contributed by atoms with Crippen molar-refractivity contribution in [3.63, 3.8) is 0 Å². The van der Waals surface area contributed by atoms with Crippen LogP contribution in [0.2, 0.25) is 0 Å². The third-order valence-electron chi connectivity index (χ3n) is 3.10. The zero-order chi connectivity index (χ0) is 14.1. The Bertz CT molecular complexity index is 667. The monoisotopic (exact) mass is 268 g/mol. The van der Waals surface area contributed by atoms with Crippen molar-refractivity contribution in [2.24, 2.45) is 0 Å². The van der Waals surface area contributed by atoms with Gasteiger partial charge < -0.3 is 5.73 Å². The minimum Gasteiger partial charge on any atom is -0.382 e. The Labute approximate surface area is 115 Å². The molecule has 0 bridgehead atoms. The summed E-state index contributed by atoms with van der Waals surface area (Å²) in [6.07, 6.45) is 0. The highest BCUT2D eigenvalue weighted by Crippen LogP contribution is 2.25. The maximum atomic E-state index is 12.9. The number of anilines is 1. The van der Waals surface area contributed by atoms with E-state index in [1.165, 1.54) is 12.1 Å². The van der Waals surface area contributed by atoms with Gasteiger partial charge in [-0.2, -0.15) is 4.68 Å². The summed E-state index contributed by atoms with van der Waals surface area (Å²) in [5.41, 5.74) is 9.37. The number of aryl methyl sites for hydroxylation is 1. The Morgan fingerprint density at radius 3 is 2.30 bits per heavy atom. The highest BCUT2D eigenvalue weighted by molar-refractivity contribution is 5.70. The van der Waals surface area contributed by atoms with Gasteiger partial charge in [-0.1, -0.05) is 22.9 Å². The molecule has 0 radical (unpaired) electrons. The molecule has 2 N–H and O–H groups in total. The molecular weight excluding hydrogens is 255 g/mol. The number of benzene rings is 2. The summed E-state index contributed by atoms with van der Waals surface area (Å²) in [5, 5.41) is 8.14. The van der Waals surface area contributed by atoms with E-state index in [-0.39, 0.29) is 5.82 Å². The third-order valence-corrected chi connectivity index (χ3v) is 3.10. The smallest absolute Gasteiger partial charge is 0.155 e. The van der Waals surface area contributed by atoms with E-state index in [4.69, 9.17) is 5.73 Å². The molecule has 0 atom stereocenters. The lowest BCUT2D eigenvalue weighted by atomic mass is 10.1. The molecular formula is C15H13FN4. The van der Waals surface area contributed by atoms with Crippen LogP contribution in [0.3, 0.4) is 0 Å². The Morgan fingerprint density at radius 1 is 1.00 bits per heavy atom. The van der Waals surface area contributed by atoms with Gasteiger partial charge in [0.2, 0.25) is 0 Å². The van der Waals surface area contributed by atoms with E-state index < -0.39 is 0 Å². The van der Waals surface area contributed by atoms with E-state index >= 15 is 0 Å². The molecule has 5 heteroatoms. The molecule has 4 nitrogen and oxygen atoms in total. The predicted molar refractivity (Wildman–Crippen MR) is 75.9 cm³/mol. The van der Waals surface area contributed by atoms with Gasteiger partial charge in [-0.25, -0.2) is 4.39 Å². The van der Waals surface area contributed by atoms with E-state index in [0.717, 1.165) is 16.8 Å². The van der Waals surface area contributed by atoms with Crippen molar-refractivity contribution >= 4 is 5.82 Å². The second kappa shape index (κ2) is 4.77. The van der Waals surface area contributed by atoms with Crippen LogP contribution in [0.15, 0.2) is 48.5 Å². The summed E-state index contributed by atoms with van der Waals surface area (Å²) in [6.45, 7) is 2.01. The predicted octanol–water partition coefficient (Wildman–Crippen LogP) is 2.96. The maximum Gasteiger partial charge on any atom is 0.155 e. The van der Waals surface area contributed by atoms with Gasteiger partial charge in [0.25, 0.3) is 0 Å². The number of hydrogen-bond donors (Lipinski definition) is 1. The van der Waals surface area contributed by atoms with Crippen molar-refractivity contribution in [2.75, 3.05) is 5.73 Å². The van der Waals surface area contributed by atoms with E-state index in [1.807, 2.05) is 31.2 Å². The summed E-state index contributed by atoms with van der Waals surface area (Å²) >= 11 is 0. The fourth-order valence-electron chi connectivity index (χ4n) is 1.98. The van der Waals surface area contributed by atoms with Crippen molar-refractivity contribution in [1.29, 1.82) is 0 Å². The van der Waals surface area contributed by atoms with Gasteiger partial charge in [0.05, 0.1) is 5.69 Å². The molecule has 0 aliphatic heterocycles. The second-order valence-electron chi connectivity index (χ2n) is 4.58. The number of rotatable bonds is 2. The zero-order valence-electron chi connectivity index (χ0n) is 10.9. The second-order valence-corrected chi connectivity index (χ2v) is 4.58. The first-order chi connectivity index (χ1) is 9.65. The highest BCUT2D eigenvalue weighted by atomic mass is 19.1. The van der Waals surface area contributed by atoms with Crippen molar-refractivity contribution in [1.82, 2.24) is 15.0 Å². The van der Waals surface area contributed by atoms with Crippen molar-refractivity contribution in [2.45, 2.75) is 6.92 Å². The molecule has 1 heterocycles. The SMILES string of the molecule is Cc1ccc(-n2nnc(-c3ccc(F)cc3)c2N)cc1. The first-order valence-corrected chi connectivity index (χ1v) is 6.19. The fraction of sp³-hybridized carbons (Fsp3) is 0.0667. The minimum atomic E-state index is -0.293. The first-order valence-electron chi connectivity index (χ1n) is 6.19. The molecule has 2 aromatic carbocycles. The summed E-state index contributed by atoms with van der Waals surface area (Å²) in [7, 11) is 0. The number of hydrogen-bond acceptors (Lipinski definition) is 3. The number of aromatic nitrogens is 3. The first kappa shape index (κ1) is 12.3. The minimum absolute atomic E-state index is 0.293. The molecule has 3 aromatic rings. The van der Waals surface area contributed by atoms with Crippen LogP contribution in [0.5, 0.6) is 0 Å². The maximum absolute atomic E-state index is 12.9. The van der Waals surface area contributed by atoms with Gasteiger partial charge in [0, 0.05) is 5.56 Å². The van der Waals surface area contributed by atoms with E-state index in [1.54, 1.807) is 16.8 Å². The van der Waals surface area contributed by atoms with E-state index in [0.29, 0.717) is 11.5 Å². The van der Waals surface area contributed by atoms with Gasteiger partial charge in [0.15, 0.2) is 5.82 Å². The van der Waals surface area contributed by atoms with Gasteiger partial charge in [0.1, 0.15) is 11.5 Å². The molecule has 0 amide bonds. The lowest BCUT2D eigenvalue weighted by Gasteiger charge is -2.04. The standard InChI is InChI=1S/C15H13FN4/c1-10-2-8-13(9-3-10)20-15(17)14(18-19-20)11-4-6-12(16)7-5-11/h2-9H,17H2,1H3. The van der Waals surface area contributed by atoms with Crippen LogP contribution in [-0.2, 0) is 0 Å². The zero-order valence-corrected chi connectivity index (χ0v) is 10.9. The lowest BCUT2D eigenvalue weighted by molar-refractivity contribution is 0.628. The fourth-order valence-corrected chi connectivity index (χ4v) is 1.98. The summed E-state index contributed by atoms with van der Waals surface area (Å²) in [4.78, 5) is 0. The molecule has 1 aromatic heterocycles. The van der Waals surface area contributed by atoms with E-state index in [9.17, 15) is 4.39 Å². The van der Waals surface area contributed by atoms with Crippen molar-refractivity contribution in [3.8, 4) is 16.9 Å². The van der Waals surface area contributed by atoms with Crippen LogP contribution < -0.4 is 5.73 Å². The average molecular weight is 268 g/mol. The molecule has 0 spiro atoms. The Morgan fingerprint density at radius 2 is 1.65 bits per heavy atom. The van der Waals surface area contributed by atoms with Crippen LogP contribution in [0.4, 0.5) is 10.2 Å². The van der Waals surface area contributed by atoms with Gasteiger partial charge >= 0.3 is 0 Å². The van der Waals surface area contributed by atoms with Gasteiger partial charge in [-0.3, -0.25) is 0 Å². The van der Waals surface area contributed by atoms with Crippen LogP contribution in [0, 0.1) is 12.7 Å². The quantitative estimate of drug-likeness (QED) is 0.777. The molecule has 0 aliphatic rings. The number of halogens is 1. The van der Waals surface area contributed by atoms with Gasteiger partial charge in [-0.05, 0) is 43.3 Å². The molecule has 3 rings (SSSR count). The van der Waals surface area contributed by atoms with Crippen LogP contribution in [-0.4, -0.2) is 15.0 Å². The highest BCUT2D eigenvalue weighted by Gasteiger charge is 2.12. The average Bonchev–Trinajstić information content (AvgIpc) is 2.83. The summed E-state index contributed by atoms with van der Waals surface area (Å²) in [5.74, 6) is 0.138. The Kier molecular flexibility index (Phi) is 2.95. The summed E-state index contributed by atoms with van der Waals surface area (Å²) < 4.78 is 14.5. The largest absolute Gasteiger partial charge is 0.382 e. The lowest BCUT2D eigenvalue weighted by Crippen LogP contribution is -2.02. The molecule has 20 heavy (non-hydrogen) atoms.